The van der Waals surface area contributed by atoms with E-state index in [4.69, 9.17) is 26.8 Å². The van der Waals surface area contributed by atoms with Crippen LogP contribution in [0.5, 0.6) is 0 Å². The molecule has 0 amide bonds. The molecule has 0 aromatic heterocycles. The third-order valence-electron chi connectivity index (χ3n) is 4.93. The molecule has 0 spiro atoms. The summed E-state index contributed by atoms with van der Waals surface area (Å²) in [6.07, 6.45) is 0. The number of esters is 2. The number of allylic oxidation sites excluding steroid dienone is 1. The Morgan fingerprint density at radius 2 is 1.69 bits per heavy atom. The van der Waals surface area contributed by atoms with Gasteiger partial charge in [0.1, 0.15) is 17.6 Å². The third-order valence-corrected chi connectivity index (χ3v) is 5.17. The van der Waals surface area contributed by atoms with Gasteiger partial charge >= 0.3 is 11.9 Å². The molecule has 32 heavy (non-hydrogen) atoms. The lowest BCUT2D eigenvalue weighted by Gasteiger charge is -2.36. The zero-order chi connectivity index (χ0) is 23.4. The van der Waals surface area contributed by atoms with E-state index in [9.17, 15) is 20.1 Å². The van der Waals surface area contributed by atoms with Crippen LogP contribution in [0.2, 0.25) is 5.02 Å². The third kappa shape index (κ3) is 3.76. The van der Waals surface area contributed by atoms with E-state index in [1.54, 1.807) is 30.3 Å². The highest BCUT2D eigenvalue weighted by molar-refractivity contribution is 6.31. The number of methoxy groups -OCH3 is 2. The molecule has 0 saturated heterocycles. The first kappa shape index (κ1) is 22.4. The number of rotatable bonds is 4. The lowest BCUT2D eigenvalue weighted by Crippen LogP contribution is -2.41. The lowest BCUT2D eigenvalue weighted by atomic mass is 9.80. The number of ether oxygens (including phenoxy) is 2. The molecule has 0 aliphatic carbocycles. The maximum absolute atomic E-state index is 13.0. The largest absolute Gasteiger partial charge is 0.466 e. The van der Waals surface area contributed by atoms with Crippen molar-refractivity contribution >= 4 is 29.2 Å². The molecule has 0 bridgehead atoms. The maximum atomic E-state index is 13.0. The average molecular weight is 449 g/mol. The fourth-order valence-electron chi connectivity index (χ4n) is 3.55. The number of halogens is 1. The predicted molar refractivity (Wildman–Crippen MR) is 116 cm³/mol. The molecule has 2 N–H and O–H groups in total. The number of hydrogen-bond acceptors (Lipinski definition) is 8. The summed E-state index contributed by atoms with van der Waals surface area (Å²) in [6, 6.07) is 17.0. The monoisotopic (exact) mass is 448 g/mol. The number of benzene rings is 2. The van der Waals surface area contributed by atoms with Gasteiger partial charge in [-0.3, -0.25) is 4.90 Å². The Morgan fingerprint density at radius 3 is 2.25 bits per heavy atom. The number of nitriles is 2. The summed E-state index contributed by atoms with van der Waals surface area (Å²) in [5, 5.41) is 19.9. The summed E-state index contributed by atoms with van der Waals surface area (Å²) in [7, 11) is 2.30. The highest BCUT2D eigenvalue weighted by Gasteiger charge is 2.43. The first-order valence-corrected chi connectivity index (χ1v) is 9.62. The van der Waals surface area contributed by atoms with Crippen LogP contribution in [0, 0.1) is 22.7 Å². The van der Waals surface area contributed by atoms with Gasteiger partial charge in [-0.1, -0.05) is 41.9 Å². The van der Waals surface area contributed by atoms with Crippen LogP contribution in [-0.4, -0.2) is 26.2 Å². The van der Waals surface area contributed by atoms with Crippen molar-refractivity contribution in [3.05, 3.63) is 87.3 Å². The minimum Gasteiger partial charge on any atom is -0.466 e. The smallest absolute Gasteiger partial charge is 0.355 e. The number of carbonyl (C=O) groups is 2. The zero-order valence-electron chi connectivity index (χ0n) is 17.1. The van der Waals surface area contributed by atoms with Crippen LogP contribution in [0.4, 0.5) is 5.69 Å². The molecule has 9 heteroatoms. The Morgan fingerprint density at radius 1 is 1.03 bits per heavy atom. The van der Waals surface area contributed by atoms with E-state index in [2.05, 4.69) is 0 Å². The minimum absolute atomic E-state index is 0.00637. The van der Waals surface area contributed by atoms with E-state index < -0.39 is 17.9 Å². The van der Waals surface area contributed by atoms with Gasteiger partial charge in [-0.25, -0.2) is 9.59 Å². The van der Waals surface area contributed by atoms with Gasteiger partial charge in [-0.2, -0.15) is 10.5 Å². The summed E-state index contributed by atoms with van der Waals surface area (Å²) in [4.78, 5) is 27.1. The summed E-state index contributed by atoms with van der Waals surface area (Å²) < 4.78 is 9.91. The minimum atomic E-state index is -0.997. The van der Waals surface area contributed by atoms with Crippen molar-refractivity contribution in [3.8, 4) is 12.1 Å². The van der Waals surface area contributed by atoms with E-state index in [0.29, 0.717) is 5.56 Å². The van der Waals surface area contributed by atoms with Gasteiger partial charge in [-0.15, -0.1) is 0 Å². The highest BCUT2D eigenvalue weighted by Crippen LogP contribution is 2.44. The maximum Gasteiger partial charge on any atom is 0.355 e. The van der Waals surface area contributed by atoms with Crippen LogP contribution in [0.1, 0.15) is 17.0 Å². The van der Waals surface area contributed by atoms with Crippen LogP contribution in [0.25, 0.3) is 0 Å². The van der Waals surface area contributed by atoms with Crippen LogP contribution in [-0.2, 0) is 19.1 Å². The van der Waals surface area contributed by atoms with Gasteiger partial charge in [0.15, 0.2) is 0 Å². The van der Waals surface area contributed by atoms with Gasteiger partial charge in [-0.05, 0) is 23.8 Å². The fraction of sp³-hybridized carbons (Fsp3) is 0.130. The molecule has 0 radical (unpaired) electrons. The standard InChI is InChI=1S/C23H17ClN4O4/c1-31-22(29)19-18(13-6-4-3-5-7-13)16(12-26)21(27)28(20(19)23(30)32-2)17-10-15(24)9-8-14(17)11-25/h3-10,18H,27H2,1-2H3. The van der Waals surface area contributed by atoms with Gasteiger partial charge in [0.05, 0.1) is 48.6 Å². The molecule has 2 aromatic rings. The van der Waals surface area contributed by atoms with Gasteiger partial charge < -0.3 is 15.2 Å². The Bertz CT molecular complexity index is 1240. The Hall–Kier alpha value is -4.27. The van der Waals surface area contributed by atoms with Gasteiger partial charge in [0, 0.05) is 5.02 Å². The van der Waals surface area contributed by atoms with E-state index in [0.717, 1.165) is 19.1 Å². The van der Waals surface area contributed by atoms with Crippen molar-refractivity contribution in [2.45, 2.75) is 5.92 Å². The molecule has 1 aliphatic heterocycles. The van der Waals surface area contributed by atoms with E-state index in [-0.39, 0.29) is 38.9 Å². The Kier molecular flexibility index (Phi) is 6.48. The van der Waals surface area contributed by atoms with Gasteiger partial charge in [0.2, 0.25) is 0 Å². The summed E-state index contributed by atoms with van der Waals surface area (Å²) in [6.45, 7) is 0. The molecule has 3 rings (SSSR count). The van der Waals surface area contributed by atoms with E-state index in [1.165, 1.54) is 18.2 Å². The van der Waals surface area contributed by atoms with E-state index in [1.807, 2.05) is 12.1 Å². The number of anilines is 1. The number of hydrogen-bond donors (Lipinski definition) is 1. The van der Waals surface area contributed by atoms with Crippen LogP contribution in [0.3, 0.4) is 0 Å². The van der Waals surface area contributed by atoms with Crippen LogP contribution in [0.15, 0.2) is 71.2 Å². The molecule has 8 nitrogen and oxygen atoms in total. The summed E-state index contributed by atoms with van der Waals surface area (Å²) >= 11 is 6.14. The van der Waals surface area contributed by atoms with Crippen molar-refractivity contribution in [1.82, 2.24) is 0 Å². The zero-order valence-corrected chi connectivity index (χ0v) is 17.9. The molecule has 160 valence electrons. The van der Waals surface area contributed by atoms with Crippen molar-refractivity contribution in [3.63, 3.8) is 0 Å². The first-order chi connectivity index (χ1) is 15.4. The van der Waals surface area contributed by atoms with Crippen molar-refractivity contribution < 1.29 is 19.1 Å². The van der Waals surface area contributed by atoms with Crippen LogP contribution < -0.4 is 10.6 Å². The van der Waals surface area contributed by atoms with Crippen molar-refractivity contribution in [2.24, 2.45) is 5.73 Å². The number of nitrogens with zero attached hydrogens (tertiary/aromatic N) is 3. The molecular weight excluding hydrogens is 432 g/mol. The number of nitrogens with two attached hydrogens (primary N) is 1. The molecule has 1 atom stereocenters. The second kappa shape index (κ2) is 9.25. The van der Waals surface area contributed by atoms with Gasteiger partial charge in [0.25, 0.3) is 0 Å². The second-order valence-electron chi connectivity index (χ2n) is 6.61. The lowest BCUT2D eigenvalue weighted by molar-refractivity contribution is -0.139. The molecule has 1 unspecified atom stereocenters. The Balaban J connectivity index is 2.48. The summed E-state index contributed by atoms with van der Waals surface area (Å²) in [5.74, 6) is -2.91. The van der Waals surface area contributed by atoms with Crippen LogP contribution >= 0.6 is 11.6 Å². The topological polar surface area (TPSA) is 129 Å². The predicted octanol–water partition coefficient (Wildman–Crippen LogP) is 3.11. The average Bonchev–Trinajstić information content (AvgIpc) is 2.82. The van der Waals surface area contributed by atoms with E-state index >= 15 is 0 Å². The fourth-order valence-corrected chi connectivity index (χ4v) is 3.71. The molecule has 0 saturated carbocycles. The second-order valence-corrected chi connectivity index (χ2v) is 7.04. The molecule has 1 heterocycles. The molecule has 2 aromatic carbocycles. The Labute approximate surface area is 189 Å². The summed E-state index contributed by atoms with van der Waals surface area (Å²) in [5.41, 5.74) is 6.72. The SMILES string of the molecule is COC(=O)C1=C(C(=O)OC)N(c2cc(Cl)ccc2C#N)C(N)=C(C#N)C1c1ccccc1. The molecule has 1 aliphatic rings. The van der Waals surface area contributed by atoms with Crippen molar-refractivity contribution in [2.75, 3.05) is 19.1 Å². The molecule has 0 fully saturated rings. The quantitative estimate of drug-likeness (QED) is 0.706. The molecular formula is C23H17ClN4O4. The number of carbonyl (C=O) groups excluding carboxylic acids is 2. The first-order valence-electron chi connectivity index (χ1n) is 9.24. The highest BCUT2D eigenvalue weighted by atomic mass is 35.5. The normalized spacial score (nSPS) is 15.7. The van der Waals surface area contributed by atoms with Crippen molar-refractivity contribution in [1.29, 1.82) is 10.5 Å².